The average Bonchev–Trinajstić information content (AvgIpc) is 2.01. The van der Waals surface area contributed by atoms with Crippen LogP contribution in [0.15, 0.2) is 24.5 Å². The van der Waals surface area contributed by atoms with Crippen molar-refractivity contribution in [3.05, 3.63) is 35.3 Å². The van der Waals surface area contributed by atoms with Crippen LogP contribution in [-0.2, 0) is 6.42 Å². The molecule has 60 valence electrons. The lowest BCUT2D eigenvalue weighted by Crippen LogP contribution is -2.24. The summed E-state index contributed by atoms with van der Waals surface area (Å²) >= 11 is 0. The monoisotopic (exact) mass is 152 g/mol. The summed E-state index contributed by atoms with van der Waals surface area (Å²) in [7, 11) is 0. The minimum absolute atomic E-state index is 0.674. The molecule has 0 atom stereocenters. The van der Waals surface area contributed by atoms with Crippen molar-refractivity contribution in [2.45, 2.75) is 12.8 Å². The Kier molecular flexibility index (Phi) is 2.86. The van der Waals surface area contributed by atoms with Crippen LogP contribution in [0.2, 0.25) is 0 Å². The molecule has 0 unspecified atom stereocenters. The summed E-state index contributed by atoms with van der Waals surface area (Å²) in [5.74, 6) is 0. The number of nitrogens with two attached hydrogens (primary N) is 1. The highest BCUT2D eigenvalue weighted by Crippen LogP contribution is 1.97. The van der Waals surface area contributed by atoms with Crippen molar-refractivity contribution in [3.63, 3.8) is 0 Å². The van der Waals surface area contributed by atoms with Crippen LogP contribution in [0.1, 0.15) is 12.0 Å². The summed E-state index contributed by atoms with van der Waals surface area (Å²) in [5, 5.41) is 10.7. The molecule has 0 amide bonds. The van der Waals surface area contributed by atoms with E-state index in [2.05, 4.69) is 0 Å². The number of hydrogen-bond acceptors (Lipinski definition) is 2. The fourth-order valence-corrected chi connectivity index (χ4v) is 0.955. The number of rotatable bonds is 3. The van der Waals surface area contributed by atoms with Gasteiger partial charge in [0, 0.05) is 11.6 Å². The molecule has 0 radical (unpaired) electrons. The van der Waals surface area contributed by atoms with Crippen LogP contribution in [0, 0.1) is 5.21 Å². The Morgan fingerprint density at radius 1 is 1.55 bits per heavy atom. The van der Waals surface area contributed by atoms with Crippen LogP contribution < -0.4 is 10.5 Å². The Balaban J connectivity index is 2.56. The van der Waals surface area contributed by atoms with E-state index in [1.165, 1.54) is 6.20 Å². The standard InChI is InChI=1S/C8H12N2O/c9-5-1-3-8-4-2-6-10(11)7-8/h2,4,6-7H,1,3,5,9H2. The van der Waals surface area contributed by atoms with Crippen molar-refractivity contribution in [1.82, 2.24) is 0 Å². The third-order valence-corrected chi connectivity index (χ3v) is 1.51. The van der Waals surface area contributed by atoms with Crippen LogP contribution in [0.4, 0.5) is 0 Å². The molecule has 0 fully saturated rings. The topological polar surface area (TPSA) is 53.0 Å². The summed E-state index contributed by atoms with van der Waals surface area (Å²) in [4.78, 5) is 0. The van der Waals surface area contributed by atoms with Crippen molar-refractivity contribution >= 4 is 0 Å². The minimum Gasteiger partial charge on any atom is -0.619 e. The second-order valence-electron chi connectivity index (χ2n) is 2.46. The van der Waals surface area contributed by atoms with Gasteiger partial charge in [0.2, 0.25) is 0 Å². The van der Waals surface area contributed by atoms with Gasteiger partial charge in [-0.1, -0.05) is 0 Å². The Hall–Kier alpha value is -1.09. The quantitative estimate of drug-likeness (QED) is 0.497. The number of hydrogen-bond donors (Lipinski definition) is 1. The largest absolute Gasteiger partial charge is 0.619 e. The highest BCUT2D eigenvalue weighted by molar-refractivity contribution is 5.05. The maximum Gasteiger partial charge on any atom is 0.183 e. The average molecular weight is 152 g/mol. The zero-order valence-electron chi connectivity index (χ0n) is 6.36. The molecule has 0 aliphatic carbocycles. The second kappa shape index (κ2) is 3.93. The van der Waals surface area contributed by atoms with Gasteiger partial charge >= 0.3 is 0 Å². The van der Waals surface area contributed by atoms with E-state index in [1.807, 2.05) is 6.07 Å². The molecule has 1 aromatic heterocycles. The predicted molar refractivity (Wildman–Crippen MR) is 42.8 cm³/mol. The second-order valence-corrected chi connectivity index (χ2v) is 2.46. The Bertz CT molecular complexity index is 225. The van der Waals surface area contributed by atoms with E-state index < -0.39 is 0 Å². The third-order valence-electron chi connectivity index (χ3n) is 1.51. The van der Waals surface area contributed by atoms with Gasteiger partial charge in [0.05, 0.1) is 0 Å². The van der Waals surface area contributed by atoms with Gasteiger partial charge in [-0.25, -0.2) is 0 Å². The molecule has 1 rings (SSSR count). The van der Waals surface area contributed by atoms with Crippen LogP contribution >= 0.6 is 0 Å². The van der Waals surface area contributed by atoms with Crippen molar-refractivity contribution in [2.24, 2.45) is 5.73 Å². The van der Waals surface area contributed by atoms with E-state index in [0.29, 0.717) is 6.54 Å². The molecule has 2 N–H and O–H groups in total. The van der Waals surface area contributed by atoms with E-state index in [0.717, 1.165) is 23.1 Å². The lowest BCUT2D eigenvalue weighted by atomic mass is 10.2. The summed E-state index contributed by atoms with van der Waals surface area (Å²) in [6.45, 7) is 0.674. The normalized spacial score (nSPS) is 9.91. The van der Waals surface area contributed by atoms with E-state index in [4.69, 9.17) is 5.73 Å². The first-order valence-electron chi connectivity index (χ1n) is 3.70. The fraction of sp³-hybridized carbons (Fsp3) is 0.375. The Morgan fingerprint density at radius 3 is 3.00 bits per heavy atom. The number of nitrogens with zero attached hydrogens (tertiary/aromatic N) is 1. The first-order chi connectivity index (χ1) is 5.33. The molecule has 0 aromatic carbocycles. The van der Waals surface area contributed by atoms with E-state index in [-0.39, 0.29) is 0 Å². The molecule has 1 aromatic rings. The van der Waals surface area contributed by atoms with Crippen LogP contribution in [0.25, 0.3) is 0 Å². The molecular weight excluding hydrogens is 140 g/mol. The van der Waals surface area contributed by atoms with Gasteiger partial charge in [-0.2, -0.15) is 4.73 Å². The fourth-order valence-electron chi connectivity index (χ4n) is 0.955. The van der Waals surface area contributed by atoms with Gasteiger partial charge in [-0.15, -0.1) is 0 Å². The van der Waals surface area contributed by atoms with Gasteiger partial charge in [0.1, 0.15) is 0 Å². The molecule has 1 heterocycles. The third kappa shape index (κ3) is 2.55. The molecule has 0 aliphatic heterocycles. The lowest BCUT2D eigenvalue weighted by molar-refractivity contribution is -0.605. The highest BCUT2D eigenvalue weighted by atomic mass is 16.5. The summed E-state index contributed by atoms with van der Waals surface area (Å²) in [6, 6.07) is 3.68. The predicted octanol–water partition coefficient (Wildman–Crippen LogP) is 0.211. The Morgan fingerprint density at radius 2 is 2.36 bits per heavy atom. The SMILES string of the molecule is NCCCc1ccc[n+]([O-])c1. The minimum atomic E-state index is 0.674. The zero-order chi connectivity index (χ0) is 8.10. The van der Waals surface area contributed by atoms with Gasteiger partial charge < -0.3 is 10.9 Å². The molecule has 0 aliphatic rings. The zero-order valence-corrected chi connectivity index (χ0v) is 6.36. The van der Waals surface area contributed by atoms with Crippen molar-refractivity contribution in [1.29, 1.82) is 0 Å². The molecule has 0 spiro atoms. The summed E-state index contributed by atoms with van der Waals surface area (Å²) in [6.07, 6.45) is 4.88. The van der Waals surface area contributed by atoms with Crippen LogP contribution in [0.5, 0.6) is 0 Å². The summed E-state index contributed by atoms with van der Waals surface area (Å²) < 4.78 is 0.811. The highest BCUT2D eigenvalue weighted by Gasteiger charge is 1.94. The molecule has 11 heavy (non-hydrogen) atoms. The number of pyridine rings is 1. The van der Waals surface area contributed by atoms with E-state index in [9.17, 15) is 5.21 Å². The van der Waals surface area contributed by atoms with Gasteiger partial charge in [-0.3, -0.25) is 0 Å². The van der Waals surface area contributed by atoms with Crippen LogP contribution in [-0.4, -0.2) is 6.54 Å². The number of aryl methyl sites for hydroxylation is 1. The van der Waals surface area contributed by atoms with Crippen molar-refractivity contribution in [3.8, 4) is 0 Å². The molecule has 3 heteroatoms. The first kappa shape index (κ1) is 8.01. The molecule has 0 saturated carbocycles. The van der Waals surface area contributed by atoms with Crippen molar-refractivity contribution in [2.75, 3.05) is 6.54 Å². The van der Waals surface area contributed by atoms with Gasteiger partial charge in [0.15, 0.2) is 12.4 Å². The lowest BCUT2D eigenvalue weighted by Gasteiger charge is -1.98. The van der Waals surface area contributed by atoms with Gasteiger partial charge in [-0.05, 0) is 25.5 Å². The van der Waals surface area contributed by atoms with Gasteiger partial charge in [0.25, 0.3) is 0 Å². The maximum atomic E-state index is 10.7. The van der Waals surface area contributed by atoms with E-state index >= 15 is 0 Å². The maximum absolute atomic E-state index is 10.7. The summed E-state index contributed by atoms with van der Waals surface area (Å²) in [5.41, 5.74) is 6.38. The molecular formula is C8H12N2O. The van der Waals surface area contributed by atoms with Crippen molar-refractivity contribution < 1.29 is 4.73 Å². The van der Waals surface area contributed by atoms with Crippen LogP contribution in [0.3, 0.4) is 0 Å². The molecule has 0 saturated heterocycles. The Labute approximate surface area is 66.0 Å². The molecule has 3 nitrogen and oxygen atoms in total. The first-order valence-corrected chi connectivity index (χ1v) is 3.70. The smallest absolute Gasteiger partial charge is 0.183 e. The molecule has 0 bridgehead atoms. The number of aromatic nitrogens is 1. The van der Waals surface area contributed by atoms with E-state index in [1.54, 1.807) is 12.3 Å².